The van der Waals surface area contributed by atoms with Crippen molar-refractivity contribution >= 4 is 10.0 Å². The molecular weight excluding hydrogens is 221 g/mol. The molecular formula is C9H12FNO3S. The lowest BCUT2D eigenvalue weighted by Crippen LogP contribution is -2.18. The van der Waals surface area contributed by atoms with Crippen LogP contribution in [0.3, 0.4) is 0 Å². The van der Waals surface area contributed by atoms with E-state index in [4.69, 9.17) is 5.14 Å². The van der Waals surface area contributed by atoms with E-state index in [1.807, 2.05) is 0 Å². The Morgan fingerprint density at radius 2 is 2.00 bits per heavy atom. The van der Waals surface area contributed by atoms with Crippen molar-refractivity contribution in [1.29, 1.82) is 0 Å². The molecule has 4 nitrogen and oxygen atoms in total. The van der Waals surface area contributed by atoms with Crippen LogP contribution in [0.25, 0.3) is 0 Å². The van der Waals surface area contributed by atoms with Crippen molar-refractivity contribution in [2.75, 3.05) is 5.75 Å². The van der Waals surface area contributed by atoms with Gasteiger partial charge in [-0.1, -0.05) is 18.2 Å². The fraction of sp³-hybridized carbons (Fsp3) is 0.333. The number of benzene rings is 1. The smallest absolute Gasteiger partial charge is 0.209 e. The van der Waals surface area contributed by atoms with Gasteiger partial charge in [-0.2, -0.15) is 0 Å². The molecule has 1 aromatic rings. The second kappa shape index (κ2) is 4.69. The van der Waals surface area contributed by atoms with Gasteiger partial charge in [-0.15, -0.1) is 0 Å². The van der Waals surface area contributed by atoms with E-state index in [0.29, 0.717) is 0 Å². The molecule has 0 aliphatic heterocycles. The molecule has 0 bridgehead atoms. The van der Waals surface area contributed by atoms with E-state index in [1.165, 1.54) is 18.2 Å². The molecule has 0 spiro atoms. The molecule has 1 atom stereocenters. The van der Waals surface area contributed by atoms with Crippen LogP contribution >= 0.6 is 0 Å². The zero-order valence-electron chi connectivity index (χ0n) is 7.93. The Balaban J connectivity index is 2.70. The molecule has 0 saturated carbocycles. The summed E-state index contributed by atoms with van der Waals surface area (Å²) in [5.41, 5.74) is 0.0844. The van der Waals surface area contributed by atoms with Crippen LogP contribution in [-0.2, 0) is 10.0 Å². The maximum Gasteiger partial charge on any atom is 0.209 e. The first-order valence-electron chi connectivity index (χ1n) is 4.33. The molecule has 1 unspecified atom stereocenters. The lowest BCUT2D eigenvalue weighted by molar-refractivity contribution is 0.169. The lowest BCUT2D eigenvalue weighted by atomic mass is 10.1. The van der Waals surface area contributed by atoms with E-state index < -0.39 is 21.9 Å². The first-order chi connectivity index (χ1) is 6.90. The van der Waals surface area contributed by atoms with Crippen molar-refractivity contribution in [2.24, 2.45) is 5.14 Å². The van der Waals surface area contributed by atoms with E-state index in [-0.39, 0.29) is 17.7 Å². The van der Waals surface area contributed by atoms with Crippen LogP contribution in [-0.4, -0.2) is 19.3 Å². The molecule has 1 rings (SSSR count). The van der Waals surface area contributed by atoms with Gasteiger partial charge in [0, 0.05) is 5.56 Å². The number of rotatable bonds is 4. The lowest BCUT2D eigenvalue weighted by Gasteiger charge is -2.10. The molecule has 84 valence electrons. The fourth-order valence-corrected chi connectivity index (χ4v) is 1.73. The van der Waals surface area contributed by atoms with Gasteiger partial charge in [-0.3, -0.25) is 0 Å². The Morgan fingerprint density at radius 3 is 2.53 bits per heavy atom. The molecule has 0 aliphatic rings. The molecule has 0 fully saturated rings. The Morgan fingerprint density at radius 1 is 1.40 bits per heavy atom. The third-order valence-electron chi connectivity index (χ3n) is 1.94. The molecule has 0 radical (unpaired) electrons. The van der Waals surface area contributed by atoms with E-state index in [2.05, 4.69) is 0 Å². The van der Waals surface area contributed by atoms with Crippen LogP contribution in [0.5, 0.6) is 0 Å². The van der Waals surface area contributed by atoms with Crippen LogP contribution in [0.4, 0.5) is 4.39 Å². The number of hydrogen-bond acceptors (Lipinski definition) is 3. The number of nitrogens with two attached hydrogens (primary N) is 1. The number of hydrogen-bond donors (Lipinski definition) is 2. The van der Waals surface area contributed by atoms with Gasteiger partial charge >= 0.3 is 0 Å². The predicted molar refractivity (Wildman–Crippen MR) is 54.0 cm³/mol. The maximum absolute atomic E-state index is 13.1. The molecule has 6 heteroatoms. The summed E-state index contributed by atoms with van der Waals surface area (Å²) in [5.74, 6) is -0.929. The number of halogens is 1. The number of aliphatic hydroxyl groups excluding tert-OH is 1. The van der Waals surface area contributed by atoms with Gasteiger partial charge in [-0.25, -0.2) is 17.9 Å². The normalized spacial score (nSPS) is 13.8. The predicted octanol–water partition coefficient (Wildman–Crippen LogP) is 0.538. The van der Waals surface area contributed by atoms with Crippen molar-refractivity contribution in [1.82, 2.24) is 0 Å². The van der Waals surface area contributed by atoms with E-state index >= 15 is 0 Å². The minimum Gasteiger partial charge on any atom is -0.388 e. The zero-order chi connectivity index (χ0) is 11.5. The average molecular weight is 233 g/mol. The standard InChI is InChI=1S/C9H12FNO3S/c10-8-4-2-1-3-7(8)9(12)5-6-15(11,13)14/h1-4,9,12H,5-6H2,(H2,11,13,14). The summed E-state index contributed by atoms with van der Waals surface area (Å²) >= 11 is 0. The number of aliphatic hydroxyl groups is 1. The van der Waals surface area contributed by atoms with E-state index in [1.54, 1.807) is 6.07 Å². The van der Waals surface area contributed by atoms with Gasteiger partial charge in [0.25, 0.3) is 0 Å². The van der Waals surface area contributed by atoms with Crippen LogP contribution in [0.2, 0.25) is 0 Å². The second-order valence-corrected chi connectivity index (χ2v) is 4.93. The summed E-state index contributed by atoms with van der Waals surface area (Å²) in [6, 6.07) is 5.67. The highest BCUT2D eigenvalue weighted by atomic mass is 32.2. The van der Waals surface area contributed by atoms with Crippen molar-refractivity contribution in [2.45, 2.75) is 12.5 Å². The van der Waals surface area contributed by atoms with Crippen LogP contribution < -0.4 is 5.14 Å². The highest BCUT2D eigenvalue weighted by Gasteiger charge is 2.14. The van der Waals surface area contributed by atoms with Gasteiger partial charge < -0.3 is 5.11 Å². The van der Waals surface area contributed by atoms with Crippen LogP contribution in [0, 0.1) is 5.82 Å². The largest absolute Gasteiger partial charge is 0.388 e. The summed E-state index contributed by atoms with van der Waals surface area (Å²) in [6.07, 6.45) is -1.26. The van der Waals surface area contributed by atoms with E-state index in [0.717, 1.165) is 0 Å². The number of primary sulfonamides is 1. The van der Waals surface area contributed by atoms with Crippen LogP contribution in [0.15, 0.2) is 24.3 Å². The molecule has 1 aromatic carbocycles. The second-order valence-electron chi connectivity index (χ2n) is 3.19. The minimum atomic E-state index is -3.62. The maximum atomic E-state index is 13.1. The summed E-state index contributed by atoms with van der Waals surface area (Å²) < 4.78 is 34.4. The summed E-state index contributed by atoms with van der Waals surface area (Å²) in [4.78, 5) is 0. The molecule has 3 N–H and O–H groups in total. The van der Waals surface area contributed by atoms with Gasteiger partial charge in [0.05, 0.1) is 11.9 Å². The molecule has 0 heterocycles. The molecule has 0 aromatic heterocycles. The first-order valence-corrected chi connectivity index (χ1v) is 6.04. The monoisotopic (exact) mass is 233 g/mol. The first kappa shape index (κ1) is 12.1. The quantitative estimate of drug-likeness (QED) is 0.796. The summed E-state index contributed by atoms with van der Waals surface area (Å²) in [5, 5.41) is 14.3. The summed E-state index contributed by atoms with van der Waals surface area (Å²) in [6.45, 7) is 0. The van der Waals surface area contributed by atoms with Gasteiger partial charge in [-0.05, 0) is 12.5 Å². The van der Waals surface area contributed by atoms with Gasteiger partial charge in [0.15, 0.2) is 0 Å². The molecule has 0 amide bonds. The molecule has 0 aliphatic carbocycles. The average Bonchev–Trinajstić information content (AvgIpc) is 2.14. The van der Waals surface area contributed by atoms with Crippen molar-refractivity contribution < 1.29 is 17.9 Å². The highest BCUT2D eigenvalue weighted by molar-refractivity contribution is 7.89. The Hall–Kier alpha value is -0.980. The topological polar surface area (TPSA) is 80.4 Å². The Labute approximate surface area is 87.6 Å². The molecule has 0 saturated heterocycles. The number of sulfonamides is 1. The highest BCUT2D eigenvalue weighted by Crippen LogP contribution is 2.19. The molecule has 15 heavy (non-hydrogen) atoms. The van der Waals surface area contributed by atoms with Crippen molar-refractivity contribution in [3.05, 3.63) is 35.6 Å². The third kappa shape index (κ3) is 3.94. The van der Waals surface area contributed by atoms with Crippen molar-refractivity contribution in [3.63, 3.8) is 0 Å². The minimum absolute atomic E-state index is 0.0844. The van der Waals surface area contributed by atoms with Gasteiger partial charge in [0.2, 0.25) is 10.0 Å². The summed E-state index contributed by atoms with van der Waals surface area (Å²) in [7, 11) is -3.62. The fourth-order valence-electron chi connectivity index (χ4n) is 1.18. The third-order valence-corrected chi connectivity index (χ3v) is 2.74. The van der Waals surface area contributed by atoms with Gasteiger partial charge in [0.1, 0.15) is 5.82 Å². The Bertz CT molecular complexity index is 433. The SMILES string of the molecule is NS(=O)(=O)CCC(O)c1ccccc1F. The zero-order valence-corrected chi connectivity index (χ0v) is 8.74. The van der Waals surface area contributed by atoms with E-state index in [9.17, 15) is 17.9 Å². The van der Waals surface area contributed by atoms with Crippen molar-refractivity contribution in [3.8, 4) is 0 Å². The van der Waals surface area contributed by atoms with Crippen LogP contribution in [0.1, 0.15) is 18.1 Å². The Kier molecular flexibility index (Phi) is 3.78.